The predicted octanol–water partition coefficient (Wildman–Crippen LogP) is 3.01. The lowest BCUT2D eigenvalue weighted by Crippen LogP contribution is -2.14. The van der Waals surface area contributed by atoms with Gasteiger partial charge in [0.2, 0.25) is 5.88 Å². The summed E-state index contributed by atoms with van der Waals surface area (Å²) in [6.45, 7) is 0. The van der Waals surface area contributed by atoms with Crippen LogP contribution >= 0.6 is 22.9 Å². The van der Waals surface area contributed by atoms with Gasteiger partial charge in [-0.15, -0.1) is 0 Å². The van der Waals surface area contributed by atoms with Crippen LogP contribution in [0.3, 0.4) is 0 Å². The molecular formula is C14H11ClN4O3S. The number of carbonyl (C=O) groups excluding carboxylic acids is 1. The minimum Gasteiger partial charge on any atom is -0.481 e. The van der Waals surface area contributed by atoms with Crippen LogP contribution in [0.15, 0.2) is 24.3 Å². The van der Waals surface area contributed by atoms with E-state index >= 15 is 0 Å². The molecule has 9 heteroatoms. The van der Waals surface area contributed by atoms with Crippen molar-refractivity contribution in [1.29, 1.82) is 0 Å². The van der Waals surface area contributed by atoms with Crippen molar-refractivity contribution in [2.24, 2.45) is 0 Å². The van der Waals surface area contributed by atoms with Crippen LogP contribution in [0.25, 0.3) is 10.2 Å². The van der Waals surface area contributed by atoms with E-state index in [1.807, 2.05) is 12.1 Å². The van der Waals surface area contributed by atoms with Crippen molar-refractivity contribution in [3.05, 3.63) is 35.0 Å². The number of ether oxygens (including phenoxy) is 2. The van der Waals surface area contributed by atoms with E-state index in [0.29, 0.717) is 15.7 Å². The zero-order valence-corrected chi connectivity index (χ0v) is 13.7. The SMILES string of the molecule is COc1cc(C(=O)Nc2nc3c(Cl)cccc3s2)nc(OC)n1. The molecule has 0 radical (unpaired) electrons. The standard InChI is InChI=1S/C14H11ClN4O3S/c1-21-10-6-8(16-13(17-10)22-2)12(20)19-14-18-11-7(15)4-3-5-9(11)23-14/h3-6H,1-2H3,(H,18,19,20). The highest BCUT2D eigenvalue weighted by atomic mass is 35.5. The third-order valence-electron chi connectivity index (χ3n) is 2.90. The average Bonchev–Trinajstić information content (AvgIpc) is 2.98. The maximum absolute atomic E-state index is 12.3. The van der Waals surface area contributed by atoms with Crippen molar-refractivity contribution >= 4 is 44.2 Å². The molecular weight excluding hydrogens is 340 g/mol. The molecule has 118 valence electrons. The van der Waals surface area contributed by atoms with E-state index in [1.165, 1.54) is 31.6 Å². The Kier molecular flexibility index (Phi) is 4.26. The molecule has 0 unspecified atom stereocenters. The molecule has 0 bridgehead atoms. The van der Waals surface area contributed by atoms with Crippen LogP contribution in [-0.2, 0) is 0 Å². The number of fused-ring (bicyclic) bond motifs is 1. The van der Waals surface area contributed by atoms with Crippen molar-refractivity contribution in [1.82, 2.24) is 15.0 Å². The fraction of sp³-hybridized carbons (Fsp3) is 0.143. The maximum atomic E-state index is 12.3. The molecule has 0 aliphatic carbocycles. The van der Waals surface area contributed by atoms with Gasteiger partial charge in [0.05, 0.1) is 23.9 Å². The summed E-state index contributed by atoms with van der Waals surface area (Å²) in [6.07, 6.45) is 0. The summed E-state index contributed by atoms with van der Waals surface area (Å²) in [7, 11) is 2.85. The first kappa shape index (κ1) is 15.4. The van der Waals surface area contributed by atoms with Crippen molar-refractivity contribution in [2.75, 3.05) is 19.5 Å². The van der Waals surface area contributed by atoms with Crippen LogP contribution in [0.5, 0.6) is 11.9 Å². The predicted molar refractivity (Wildman–Crippen MR) is 87.7 cm³/mol. The Morgan fingerprint density at radius 3 is 2.74 bits per heavy atom. The number of nitrogens with zero attached hydrogens (tertiary/aromatic N) is 3. The molecule has 1 N–H and O–H groups in total. The van der Waals surface area contributed by atoms with E-state index in [-0.39, 0.29) is 17.6 Å². The van der Waals surface area contributed by atoms with Crippen LogP contribution in [0, 0.1) is 0 Å². The molecule has 2 heterocycles. The summed E-state index contributed by atoms with van der Waals surface area (Å²) in [4.78, 5) is 24.6. The summed E-state index contributed by atoms with van der Waals surface area (Å²) >= 11 is 7.40. The van der Waals surface area contributed by atoms with E-state index in [9.17, 15) is 4.79 Å². The zero-order valence-electron chi connectivity index (χ0n) is 12.2. The first-order valence-electron chi connectivity index (χ1n) is 6.44. The third kappa shape index (κ3) is 3.17. The van der Waals surface area contributed by atoms with E-state index in [4.69, 9.17) is 21.1 Å². The topological polar surface area (TPSA) is 86.2 Å². The number of benzene rings is 1. The minimum atomic E-state index is -0.445. The van der Waals surface area contributed by atoms with Crippen LogP contribution in [0.4, 0.5) is 5.13 Å². The maximum Gasteiger partial charge on any atom is 0.320 e. The van der Waals surface area contributed by atoms with Gasteiger partial charge in [0.25, 0.3) is 5.91 Å². The van der Waals surface area contributed by atoms with Gasteiger partial charge in [-0.2, -0.15) is 9.97 Å². The number of carbonyl (C=O) groups is 1. The normalized spacial score (nSPS) is 10.6. The van der Waals surface area contributed by atoms with Gasteiger partial charge in [0.1, 0.15) is 11.2 Å². The Labute approximate surface area is 140 Å². The molecule has 3 rings (SSSR count). The number of nitrogens with one attached hydrogen (secondary N) is 1. The van der Waals surface area contributed by atoms with Gasteiger partial charge >= 0.3 is 6.01 Å². The highest BCUT2D eigenvalue weighted by molar-refractivity contribution is 7.22. The second-order valence-electron chi connectivity index (χ2n) is 4.34. The average molecular weight is 351 g/mol. The number of para-hydroxylation sites is 1. The molecule has 2 aromatic heterocycles. The quantitative estimate of drug-likeness (QED) is 0.778. The lowest BCUT2D eigenvalue weighted by atomic mass is 10.3. The number of amides is 1. The lowest BCUT2D eigenvalue weighted by molar-refractivity contribution is 0.102. The number of rotatable bonds is 4. The second kappa shape index (κ2) is 6.35. The molecule has 0 fully saturated rings. The molecule has 23 heavy (non-hydrogen) atoms. The Balaban J connectivity index is 1.89. The molecule has 0 saturated carbocycles. The Bertz CT molecular complexity index is 861. The number of aromatic nitrogens is 3. The van der Waals surface area contributed by atoms with Gasteiger partial charge in [-0.3, -0.25) is 10.1 Å². The smallest absolute Gasteiger partial charge is 0.320 e. The molecule has 0 aliphatic rings. The number of thiazole rings is 1. The summed E-state index contributed by atoms with van der Waals surface area (Å²) in [5.74, 6) is -0.214. The highest BCUT2D eigenvalue weighted by Crippen LogP contribution is 2.30. The summed E-state index contributed by atoms with van der Waals surface area (Å²) in [5, 5.41) is 3.64. The van der Waals surface area contributed by atoms with Gasteiger partial charge in [0, 0.05) is 6.07 Å². The fourth-order valence-electron chi connectivity index (χ4n) is 1.85. The monoisotopic (exact) mass is 350 g/mol. The largest absolute Gasteiger partial charge is 0.481 e. The number of methoxy groups -OCH3 is 2. The van der Waals surface area contributed by atoms with Crippen LogP contribution in [0.2, 0.25) is 5.02 Å². The molecule has 0 aliphatic heterocycles. The fourth-order valence-corrected chi connectivity index (χ4v) is 3.01. The summed E-state index contributed by atoms with van der Waals surface area (Å²) in [6, 6.07) is 6.91. The second-order valence-corrected chi connectivity index (χ2v) is 5.78. The van der Waals surface area contributed by atoms with Crippen LogP contribution < -0.4 is 14.8 Å². The van der Waals surface area contributed by atoms with E-state index in [1.54, 1.807) is 6.07 Å². The highest BCUT2D eigenvalue weighted by Gasteiger charge is 2.15. The van der Waals surface area contributed by atoms with Crippen LogP contribution in [0.1, 0.15) is 10.5 Å². The first-order valence-corrected chi connectivity index (χ1v) is 7.63. The molecule has 3 aromatic rings. The molecule has 1 aromatic carbocycles. The van der Waals surface area contributed by atoms with Gasteiger partial charge in [-0.25, -0.2) is 4.98 Å². The first-order chi connectivity index (χ1) is 11.1. The van der Waals surface area contributed by atoms with E-state index < -0.39 is 5.91 Å². The lowest BCUT2D eigenvalue weighted by Gasteiger charge is -2.05. The Hall–Kier alpha value is -2.45. The number of hydrogen-bond donors (Lipinski definition) is 1. The zero-order chi connectivity index (χ0) is 16.4. The Morgan fingerprint density at radius 2 is 2.04 bits per heavy atom. The Morgan fingerprint density at radius 1 is 1.22 bits per heavy atom. The molecule has 0 saturated heterocycles. The van der Waals surface area contributed by atoms with Crippen molar-refractivity contribution in [3.63, 3.8) is 0 Å². The van der Waals surface area contributed by atoms with Gasteiger partial charge in [0.15, 0.2) is 5.13 Å². The van der Waals surface area contributed by atoms with E-state index in [2.05, 4.69) is 20.3 Å². The third-order valence-corrected chi connectivity index (χ3v) is 4.14. The van der Waals surface area contributed by atoms with Gasteiger partial charge < -0.3 is 9.47 Å². The van der Waals surface area contributed by atoms with Crippen molar-refractivity contribution < 1.29 is 14.3 Å². The molecule has 0 atom stereocenters. The van der Waals surface area contributed by atoms with Crippen molar-refractivity contribution in [3.8, 4) is 11.9 Å². The summed E-state index contributed by atoms with van der Waals surface area (Å²) < 4.78 is 10.8. The minimum absolute atomic E-state index is 0.0434. The van der Waals surface area contributed by atoms with Gasteiger partial charge in [-0.1, -0.05) is 29.0 Å². The van der Waals surface area contributed by atoms with Gasteiger partial charge in [-0.05, 0) is 12.1 Å². The number of hydrogen-bond acceptors (Lipinski definition) is 7. The van der Waals surface area contributed by atoms with Crippen molar-refractivity contribution in [2.45, 2.75) is 0 Å². The van der Waals surface area contributed by atoms with Crippen LogP contribution in [-0.4, -0.2) is 35.1 Å². The molecule has 1 amide bonds. The number of anilines is 1. The summed E-state index contributed by atoms with van der Waals surface area (Å²) in [5.41, 5.74) is 0.756. The van der Waals surface area contributed by atoms with E-state index in [0.717, 1.165) is 4.70 Å². The molecule has 0 spiro atoms. The number of halogens is 1. The molecule has 7 nitrogen and oxygen atoms in total.